The van der Waals surface area contributed by atoms with Gasteiger partial charge in [-0.3, -0.25) is 0 Å². The Kier molecular flexibility index (Phi) is 4.27. The van der Waals surface area contributed by atoms with Gasteiger partial charge in [-0.05, 0) is 24.6 Å². The molecule has 1 unspecified atom stereocenters. The van der Waals surface area contributed by atoms with Crippen molar-refractivity contribution in [1.82, 2.24) is 0 Å². The van der Waals surface area contributed by atoms with Gasteiger partial charge in [-0.15, -0.1) is 0 Å². The summed E-state index contributed by atoms with van der Waals surface area (Å²) in [5, 5.41) is 0. The van der Waals surface area contributed by atoms with E-state index in [2.05, 4.69) is 0 Å². The monoisotopic (exact) mass is 261 g/mol. The maximum atomic E-state index is 12.7. The van der Waals surface area contributed by atoms with Crippen LogP contribution in [-0.4, -0.2) is 18.8 Å². The minimum absolute atomic E-state index is 0.467. The van der Waals surface area contributed by atoms with Crippen LogP contribution in [0.4, 0.5) is 13.2 Å². The largest absolute Gasteiger partial charge is 0.494 e. The predicted octanol–water partition coefficient (Wildman–Crippen LogP) is 3.25. The van der Waals surface area contributed by atoms with Crippen LogP contribution in [0.15, 0.2) is 24.3 Å². The lowest BCUT2D eigenvalue weighted by Crippen LogP contribution is -2.51. The zero-order valence-electron chi connectivity index (χ0n) is 10.7. The number of ether oxygens (including phenoxy) is 1. The van der Waals surface area contributed by atoms with E-state index in [1.54, 1.807) is 24.3 Å². The highest BCUT2D eigenvalue weighted by molar-refractivity contribution is 5.34. The highest BCUT2D eigenvalue weighted by atomic mass is 19.4. The second-order valence-corrected chi connectivity index (χ2v) is 4.70. The maximum absolute atomic E-state index is 12.7. The Labute approximate surface area is 105 Å². The normalized spacial score (nSPS) is 14.4. The molecular formula is C13H18F3NO. The molecule has 0 aliphatic rings. The first kappa shape index (κ1) is 14.8. The molecule has 1 rings (SSSR count). The van der Waals surface area contributed by atoms with Gasteiger partial charge in [-0.1, -0.05) is 26.0 Å². The summed E-state index contributed by atoms with van der Waals surface area (Å²) < 4.78 is 43.5. The minimum atomic E-state index is -4.43. The summed E-state index contributed by atoms with van der Waals surface area (Å²) in [5.74, 6) is 0.553. The van der Waals surface area contributed by atoms with Crippen molar-refractivity contribution < 1.29 is 17.9 Å². The van der Waals surface area contributed by atoms with Crippen LogP contribution < -0.4 is 10.5 Å². The standard InChI is InChI=1S/C13H18F3NO/c1-4-18-10-7-5-6-9(8-10)12(2,3)11(17)13(14,15)16/h5-8,11H,4,17H2,1-3H3. The summed E-state index contributed by atoms with van der Waals surface area (Å²) in [4.78, 5) is 0. The molecule has 2 N–H and O–H groups in total. The lowest BCUT2D eigenvalue weighted by atomic mass is 9.78. The fourth-order valence-corrected chi connectivity index (χ4v) is 1.74. The van der Waals surface area contributed by atoms with E-state index >= 15 is 0 Å². The zero-order chi connectivity index (χ0) is 14.0. The third-order valence-corrected chi connectivity index (χ3v) is 3.02. The van der Waals surface area contributed by atoms with Crippen LogP contribution >= 0.6 is 0 Å². The third-order valence-electron chi connectivity index (χ3n) is 3.02. The number of rotatable bonds is 4. The number of hydrogen-bond donors (Lipinski definition) is 1. The summed E-state index contributed by atoms with van der Waals surface area (Å²) in [5.41, 5.74) is 4.63. The molecule has 0 saturated carbocycles. The Bertz CT molecular complexity index is 401. The second kappa shape index (κ2) is 5.18. The second-order valence-electron chi connectivity index (χ2n) is 4.70. The Balaban J connectivity index is 3.07. The molecule has 0 saturated heterocycles. The van der Waals surface area contributed by atoms with E-state index in [9.17, 15) is 13.2 Å². The van der Waals surface area contributed by atoms with E-state index in [4.69, 9.17) is 10.5 Å². The van der Waals surface area contributed by atoms with Gasteiger partial charge in [0.15, 0.2) is 0 Å². The molecule has 18 heavy (non-hydrogen) atoms. The smallest absolute Gasteiger partial charge is 0.404 e. The average Bonchev–Trinajstić information content (AvgIpc) is 2.27. The molecule has 102 valence electrons. The topological polar surface area (TPSA) is 35.2 Å². The highest BCUT2D eigenvalue weighted by Crippen LogP contribution is 2.36. The van der Waals surface area contributed by atoms with Gasteiger partial charge in [-0.2, -0.15) is 13.2 Å². The summed E-state index contributed by atoms with van der Waals surface area (Å²) in [7, 11) is 0. The molecule has 2 nitrogen and oxygen atoms in total. The molecule has 0 radical (unpaired) electrons. The van der Waals surface area contributed by atoms with E-state index in [-0.39, 0.29) is 0 Å². The fraction of sp³-hybridized carbons (Fsp3) is 0.538. The van der Waals surface area contributed by atoms with Crippen molar-refractivity contribution in [2.45, 2.75) is 38.4 Å². The van der Waals surface area contributed by atoms with Gasteiger partial charge in [0.25, 0.3) is 0 Å². The number of hydrogen-bond acceptors (Lipinski definition) is 2. The van der Waals surface area contributed by atoms with E-state index in [1.807, 2.05) is 6.92 Å². The van der Waals surface area contributed by atoms with Crippen molar-refractivity contribution in [2.24, 2.45) is 5.73 Å². The quantitative estimate of drug-likeness (QED) is 0.903. The average molecular weight is 261 g/mol. The van der Waals surface area contributed by atoms with E-state index in [0.717, 1.165) is 0 Å². The lowest BCUT2D eigenvalue weighted by molar-refractivity contribution is -0.160. The Morgan fingerprint density at radius 2 is 1.89 bits per heavy atom. The van der Waals surface area contributed by atoms with Crippen LogP contribution in [0.5, 0.6) is 5.75 Å². The van der Waals surface area contributed by atoms with Crippen LogP contribution in [0.3, 0.4) is 0 Å². The molecular weight excluding hydrogens is 243 g/mol. The number of benzene rings is 1. The fourth-order valence-electron chi connectivity index (χ4n) is 1.74. The van der Waals surface area contributed by atoms with Crippen LogP contribution in [0.1, 0.15) is 26.3 Å². The molecule has 1 aromatic carbocycles. The predicted molar refractivity (Wildman–Crippen MR) is 64.7 cm³/mol. The molecule has 0 aliphatic heterocycles. The minimum Gasteiger partial charge on any atom is -0.494 e. The van der Waals surface area contributed by atoms with Crippen LogP contribution in [-0.2, 0) is 5.41 Å². The molecule has 1 atom stereocenters. The first-order valence-corrected chi connectivity index (χ1v) is 5.75. The van der Waals surface area contributed by atoms with Crippen LogP contribution in [0, 0.1) is 0 Å². The molecule has 0 aromatic heterocycles. The molecule has 0 spiro atoms. The molecule has 5 heteroatoms. The van der Waals surface area contributed by atoms with Gasteiger partial charge in [0.2, 0.25) is 0 Å². The van der Waals surface area contributed by atoms with Crippen molar-refractivity contribution in [2.75, 3.05) is 6.61 Å². The zero-order valence-corrected chi connectivity index (χ0v) is 10.7. The summed E-state index contributed by atoms with van der Waals surface area (Å²) in [6.07, 6.45) is -4.43. The van der Waals surface area contributed by atoms with Crippen molar-refractivity contribution in [1.29, 1.82) is 0 Å². The molecule has 0 aliphatic carbocycles. The maximum Gasteiger partial charge on any atom is 0.404 e. The van der Waals surface area contributed by atoms with Gasteiger partial charge in [0, 0.05) is 5.41 Å². The van der Waals surface area contributed by atoms with Gasteiger partial charge in [0.1, 0.15) is 11.8 Å². The first-order chi connectivity index (χ1) is 8.19. The van der Waals surface area contributed by atoms with E-state index < -0.39 is 17.6 Å². The Morgan fingerprint density at radius 3 is 2.39 bits per heavy atom. The Morgan fingerprint density at radius 1 is 1.28 bits per heavy atom. The molecule has 0 bridgehead atoms. The van der Waals surface area contributed by atoms with Crippen LogP contribution in [0.25, 0.3) is 0 Å². The number of alkyl halides is 3. The van der Waals surface area contributed by atoms with Gasteiger partial charge >= 0.3 is 6.18 Å². The van der Waals surface area contributed by atoms with E-state index in [1.165, 1.54) is 13.8 Å². The first-order valence-electron chi connectivity index (χ1n) is 5.75. The molecule has 1 aromatic rings. The molecule has 0 heterocycles. The summed E-state index contributed by atoms with van der Waals surface area (Å²) in [6.45, 7) is 5.25. The van der Waals surface area contributed by atoms with Gasteiger partial charge in [-0.25, -0.2) is 0 Å². The lowest BCUT2D eigenvalue weighted by Gasteiger charge is -2.33. The molecule has 0 fully saturated rings. The third kappa shape index (κ3) is 3.16. The van der Waals surface area contributed by atoms with Crippen molar-refractivity contribution in [3.63, 3.8) is 0 Å². The molecule has 0 amide bonds. The van der Waals surface area contributed by atoms with Crippen LogP contribution in [0.2, 0.25) is 0 Å². The van der Waals surface area contributed by atoms with Crippen molar-refractivity contribution in [3.05, 3.63) is 29.8 Å². The SMILES string of the molecule is CCOc1cccc(C(C)(C)C(N)C(F)(F)F)c1. The highest BCUT2D eigenvalue weighted by Gasteiger charge is 2.47. The van der Waals surface area contributed by atoms with Gasteiger partial charge in [0.05, 0.1) is 6.61 Å². The number of halogens is 3. The Hall–Kier alpha value is -1.23. The summed E-state index contributed by atoms with van der Waals surface area (Å²) >= 11 is 0. The van der Waals surface area contributed by atoms with Crippen molar-refractivity contribution >= 4 is 0 Å². The number of nitrogens with two attached hydrogens (primary N) is 1. The van der Waals surface area contributed by atoms with Crippen molar-refractivity contribution in [3.8, 4) is 5.75 Å². The van der Waals surface area contributed by atoms with E-state index in [0.29, 0.717) is 17.9 Å². The van der Waals surface area contributed by atoms with Gasteiger partial charge < -0.3 is 10.5 Å². The summed E-state index contributed by atoms with van der Waals surface area (Å²) in [6, 6.07) is 4.71.